The SMILES string of the molecule is O=C1NC(=O)C(CCc2ccccc2)(C2CCNCC2)N1. The lowest BCUT2D eigenvalue weighted by Gasteiger charge is -2.37. The van der Waals surface area contributed by atoms with Crippen LogP contribution in [0.2, 0.25) is 0 Å². The first-order chi connectivity index (χ1) is 10.2. The van der Waals surface area contributed by atoms with Crippen molar-refractivity contribution in [2.45, 2.75) is 31.2 Å². The summed E-state index contributed by atoms with van der Waals surface area (Å²) in [7, 11) is 0. The van der Waals surface area contributed by atoms with Gasteiger partial charge in [-0.2, -0.15) is 0 Å². The zero-order chi connectivity index (χ0) is 14.7. The van der Waals surface area contributed by atoms with Crippen LogP contribution in [0.25, 0.3) is 0 Å². The van der Waals surface area contributed by atoms with E-state index in [1.807, 2.05) is 18.2 Å². The first kappa shape index (κ1) is 14.1. The average Bonchev–Trinajstić information content (AvgIpc) is 2.82. The van der Waals surface area contributed by atoms with Crippen LogP contribution in [0.15, 0.2) is 30.3 Å². The minimum atomic E-state index is -0.741. The van der Waals surface area contributed by atoms with E-state index in [4.69, 9.17) is 0 Å². The van der Waals surface area contributed by atoms with Crippen molar-refractivity contribution in [2.75, 3.05) is 13.1 Å². The van der Waals surface area contributed by atoms with Crippen LogP contribution in [-0.2, 0) is 11.2 Å². The highest BCUT2D eigenvalue weighted by Crippen LogP contribution is 2.33. The molecule has 3 N–H and O–H groups in total. The maximum absolute atomic E-state index is 12.4. The van der Waals surface area contributed by atoms with Crippen LogP contribution in [0.4, 0.5) is 4.79 Å². The zero-order valence-electron chi connectivity index (χ0n) is 12.0. The summed E-state index contributed by atoms with van der Waals surface area (Å²) in [5.41, 5.74) is 0.453. The molecule has 5 heteroatoms. The summed E-state index contributed by atoms with van der Waals surface area (Å²) >= 11 is 0. The van der Waals surface area contributed by atoms with Crippen molar-refractivity contribution in [1.29, 1.82) is 0 Å². The molecule has 1 unspecified atom stereocenters. The molecule has 2 aliphatic rings. The number of hydrogen-bond acceptors (Lipinski definition) is 3. The van der Waals surface area contributed by atoms with Crippen molar-refractivity contribution in [2.24, 2.45) is 5.92 Å². The number of amides is 3. The quantitative estimate of drug-likeness (QED) is 0.729. The number of carbonyl (C=O) groups excluding carboxylic acids is 2. The number of imide groups is 1. The van der Waals surface area contributed by atoms with E-state index in [1.165, 1.54) is 5.56 Å². The smallest absolute Gasteiger partial charge is 0.322 e. The minimum absolute atomic E-state index is 0.157. The van der Waals surface area contributed by atoms with Gasteiger partial charge >= 0.3 is 6.03 Å². The van der Waals surface area contributed by atoms with Crippen molar-refractivity contribution in [3.63, 3.8) is 0 Å². The molecule has 1 aromatic carbocycles. The Morgan fingerprint density at radius 2 is 1.81 bits per heavy atom. The van der Waals surface area contributed by atoms with Crippen molar-refractivity contribution < 1.29 is 9.59 Å². The van der Waals surface area contributed by atoms with Gasteiger partial charge in [-0.15, -0.1) is 0 Å². The van der Waals surface area contributed by atoms with Gasteiger partial charge in [0, 0.05) is 0 Å². The van der Waals surface area contributed by atoms with Crippen molar-refractivity contribution in [3.05, 3.63) is 35.9 Å². The molecule has 0 aliphatic carbocycles. The highest BCUT2D eigenvalue weighted by atomic mass is 16.2. The summed E-state index contributed by atoms with van der Waals surface area (Å²) in [5, 5.41) is 8.67. The molecule has 0 saturated carbocycles. The Labute approximate surface area is 124 Å². The third-order valence-corrected chi connectivity index (χ3v) is 4.66. The van der Waals surface area contributed by atoms with E-state index in [2.05, 4.69) is 28.1 Å². The Kier molecular flexibility index (Phi) is 3.92. The van der Waals surface area contributed by atoms with Crippen LogP contribution >= 0.6 is 0 Å². The third-order valence-electron chi connectivity index (χ3n) is 4.66. The molecule has 0 bridgehead atoms. The average molecular weight is 287 g/mol. The van der Waals surface area contributed by atoms with Gasteiger partial charge in [-0.1, -0.05) is 30.3 Å². The fourth-order valence-corrected chi connectivity index (χ4v) is 3.47. The summed E-state index contributed by atoms with van der Waals surface area (Å²) in [6, 6.07) is 9.75. The van der Waals surface area contributed by atoms with Gasteiger partial charge in [0.1, 0.15) is 5.54 Å². The standard InChI is InChI=1S/C16H21N3O2/c20-14-16(19-15(21)18-14,13-7-10-17-11-8-13)9-6-12-4-2-1-3-5-12/h1-5,13,17H,6-11H2,(H2,18,19,20,21). The Morgan fingerprint density at radius 3 is 2.43 bits per heavy atom. The molecule has 0 aromatic heterocycles. The highest BCUT2D eigenvalue weighted by molar-refractivity contribution is 6.07. The molecule has 0 radical (unpaired) electrons. The van der Waals surface area contributed by atoms with Crippen LogP contribution < -0.4 is 16.0 Å². The second kappa shape index (κ2) is 5.85. The molecule has 3 rings (SSSR count). The van der Waals surface area contributed by atoms with Gasteiger partial charge in [0.2, 0.25) is 0 Å². The third kappa shape index (κ3) is 2.78. The summed E-state index contributed by atoms with van der Waals surface area (Å²) in [6.07, 6.45) is 3.28. The van der Waals surface area contributed by atoms with E-state index in [0.717, 1.165) is 32.4 Å². The summed E-state index contributed by atoms with van der Waals surface area (Å²) < 4.78 is 0. The van der Waals surface area contributed by atoms with Crippen molar-refractivity contribution in [3.8, 4) is 0 Å². The monoisotopic (exact) mass is 287 g/mol. The number of rotatable bonds is 4. The van der Waals surface area contributed by atoms with Crippen LogP contribution in [0.1, 0.15) is 24.8 Å². The van der Waals surface area contributed by atoms with Gasteiger partial charge in [0.15, 0.2) is 0 Å². The predicted octanol–water partition coefficient (Wildman–Crippen LogP) is 1.20. The molecule has 3 amide bonds. The van der Waals surface area contributed by atoms with Gasteiger partial charge in [-0.3, -0.25) is 10.1 Å². The molecule has 1 atom stereocenters. The molecule has 2 saturated heterocycles. The van der Waals surface area contributed by atoms with Gasteiger partial charge in [0.05, 0.1) is 0 Å². The van der Waals surface area contributed by atoms with Crippen LogP contribution in [0.3, 0.4) is 0 Å². The number of aryl methyl sites for hydroxylation is 1. The lowest BCUT2D eigenvalue weighted by molar-refractivity contribution is -0.126. The molecule has 1 aromatic rings. The summed E-state index contributed by atoms with van der Waals surface area (Å²) in [4.78, 5) is 24.1. The number of nitrogens with one attached hydrogen (secondary N) is 3. The number of hydrogen-bond donors (Lipinski definition) is 3. The Balaban J connectivity index is 1.79. The highest BCUT2D eigenvalue weighted by Gasteiger charge is 2.51. The largest absolute Gasteiger partial charge is 0.323 e. The maximum atomic E-state index is 12.4. The molecule has 2 aliphatic heterocycles. The number of carbonyl (C=O) groups is 2. The molecule has 2 fully saturated rings. The minimum Gasteiger partial charge on any atom is -0.323 e. The van der Waals surface area contributed by atoms with Crippen molar-refractivity contribution in [1.82, 2.24) is 16.0 Å². The number of piperidine rings is 1. The lowest BCUT2D eigenvalue weighted by Crippen LogP contribution is -2.56. The van der Waals surface area contributed by atoms with E-state index in [9.17, 15) is 9.59 Å². The first-order valence-corrected chi connectivity index (χ1v) is 7.59. The van der Waals surface area contributed by atoms with E-state index < -0.39 is 5.54 Å². The topological polar surface area (TPSA) is 70.2 Å². The molecular weight excluding hydrogens is 266 g/mol. The van der Waals surface area contributed by atoms with Gasteiger partial charge in [-0.05, 0) is 50.3 Å². The van der Waals surface area contributed by atoms with E-state index >= 15 is 0 Å². The van der Waals surface area contributed by atoms with Crippen LogP contribution in [-0.4, -0.2) is 30.6 Å². The van der Waals surface area contributed by atoms with Crippen molar-refractivity contribution >= 4 is 11.9 Å². The summed E-state index contributed by atoms with van der Waals surface area (Å²) in [5.74, 6) is 0.0456. The molecule has 21 heavy (non-hydrogen) atoms. The van der Waals surface area contributed by atoms with E-state index in [1.54, 1.807) is 0 Å². The normalized spacial score (nSPS) is 26.5. The fraction of sp³-hybridized carbons (Fsp3) is 0.500. The Bertz CT molecular complexity index is 526. The van der Waals surface area contributed by atoms with E-state index in [0.29, 0.717) is 6.42 Å². The van der Waals surface area contributed by atoms with Gasteiger partial charge in [0.25, 0.3) is 5.91 Å². The second-order valence-corrected chi connectivity index (χ2v) is 5.89. The lowest BCUT2D eigenvalue weighted by atomic mass is 9.74. The van der Waals surface area contributed by atoms with Gasteiger partial charge < -0.3 is 10.6 Å². The second-order valence-electron chi connectivity index (χ2n) is 5.89. The number of urea groups is 1. The van der Waals surface area contributed by atoms with Crippen LogP contribution in [0, 0.1) is 5.92 Å². The van der Waals surface area contributed by atoms with E-state index in [-0.39, 0.29) is 17.9 Å². The molecule has 0 spiro atoms. The zero-order valence-corrected chi connectivity index (χ0v) is 12.0. The Morgan fingerprint density at radius 1 is 1.10 bits per heavy atom. The number of benzene rings is 1. The molecule has 2 heterocycles. The first-order valence-electron chi connectivity index (χ1n) is 7.59. The molecular formula is C16H21N3O2. The molecule has 5 nitrogen and oxygen atoms in total. The summed E-state index contributed by atoms with van der Waals surface area (Å²) in [6.45, 7) is 1.81. The Hall–Kier alpha value is -1.88. The predicted molar refractivity (Wildman–Crippen MR) is 79.8 cm³/mol. The van der Waals surface area contributed by atoms with Gasteiger partial charge in [-0.25, -0.2) is 4.79 Å². The molecule has 112 valence electrons. The fourth-order valence-electron chi connectivity index (χ4n) is 3.47. The maximum Gasteiger partial charge on any atom is 0.322 e. The van der Waals surface area contributed by atoms with Crippen LogP contribution in [0.5, 0.6) is 0 Å².